The zero-order valence-corrected chi connectivity index (χ0v) is 14.5. The molecule has 0 saturated heterocycles. The van der Waals surface area contributed by atoms with Crippen LogP contribution in [0.1, 0.15) is 49.7 Å². The molecule has 1 heterocycles. The Bertz CT molecular complexity index is 695. The topological polar surface area (TPSA) is 67.2 Å². The standard InChI is InChI=1S/C18H24FN3O2/c1-11(2)17-16(18(24)21-13(4)12(3)10-23)9-20-22(17)15-7-5-14(19)6-8-15/h5-9,11-13,23H,10H2,1-4H3,(H,21,24). The Morgan fingerprint density at radius 1 is 1.25 bits per heavy atom. The number of aromatic nitrogens is 2. The van der Waals surface area contributed by atoms with Crippen LogP contribution in [0.3, 0.4) is 0 Å². The fraction of sp³-hybridized carbons (Fsp3) is 0.444. The largest absolute Gasteiger partial charge is 0.396 e. The first-order valence-corrected chi connectivity index (χ1v) is 8.10. The number of benzene rings is 1. The molecule has 1 aromatic carbocycles. The lowest BCUT2D eigenvalue weighted by molar-refractivity contribution is 0.0915. The predicted octanol–water partition coefficient (Wildman–Crippen LogP) is 2.88. The van der Waals surface area contributed by atoms with Crippen LogP contribution in [-0.2, 0) is 0 Å². The molecule has 2 aromatic rings. The summed E-state index contributed by atoms with van der Waals surface area (Å²) in [4.78, 5) is 12.6. The first-order chi connectivity index (χ1) is 11.3. The van der Waals surface area contributed by atoms with Crippen molar-refractivity contribution in [2.75, 3.05) is 6.61 Å². The molecule has 5 nitrogen and oxygen atoms in total. The molecule has 2 rings (SSSR count). The van der Waals surface area contributed by atoms with E-state index in [0.717, 1.165) is 5.69 Å². The van der Waals surface area contributed by atoms with Crippen molar-refractivity contribution < 1.29 is 14.3 Å². The van der Waals surface area contributed by atoms with E-state index in [2.05, 4.69) is 10.4 Å². The fourth-order valence-corrected chi connectivity index (χ4v) is 2.46. The van der Waals surface area contributed by atoms with Gasteiger partial charge in [0.25, 0.3) is 5.91 Å². The van der Waals surface area contributed by atoms with Crippen molar-refractivity contribution in [1.82, 2.24) is 15.1 Å². The van der Waals surface area contributed by atoms with Crippen LogP contribution in [0.4, 0.5) is 4.39 Å². The summed E-state index contributed by atoms with van der Waals surface area (Å²) in [7, 11) is 0. The highest BCUT2D eigenvalue weighted by molar-refractivity contribution is 5.95. The van der Waals surface area contributed by atoms with E-state index >= 15 is 0 Å². The Morgan fingerprint density at radius 3 is 2.42 bits per heavy atom. The Kier molecular flexibility index (Phi) is 5.72. The summed E-state index contributed by atoms with van der Waals surface area (Å²) in [6, 6.07) is 5.84. The van der Waals surface area contributed by atoms with Crippen LogP contribution < -0.4 is 5.32 Å². The monoisotopic (exact) mass is 333 g/mol. The van der Waals surface area contributed by atoms with Gasteiger partial charge in [0.05, 0.1) is 23.1 Å². The van der Waals surface area contributed by atoms with E-state index in [1.807, 2.05) is 27.7 Å². The molecule has 2 atom stereocenters. The lowest BCUT2D eigenvalue weighted by Gasteiger charge is -2.20. The summed E-state index contributed by atoms with van der Waals surface area (Å²) in [5, 5.41) is 16.4. The Labute approximate surface area is 141 Å². The van der Waals surface area contributed by atoms with Crippen molar-refractivity contribution in [3.63, 3.8) is 0 Å². The number of aliphatic hydroxyl groups excluding tert-OH is 1. The number of halogens is 1. The summed E-state index contributed by atoms with van der Waals surface area (Å²) in [5.41, 5.74) is 1.96. The van der Waals surface area contributed by atoms with E-state index < -0.39 is 0 Å². The van der Waals surface area contributed by atoms with Crippen LogP contribution >= 0.6 is 0 Å². The van der Waals surface area contributed by atoms with E-state index in [0.29, 0.717) is 11.3 Å². The lowest BCUT2D eigenvalue weighted by atomic mass is 10.0. The van der Waals surface area contributed by atoms with Crippen LogP contribution in [0.2, 0.25) is 0 Å². The highest BCUT2D eigenvalue weighted by atomic mass is 19.1. The van der Waals surface area contributed by atoms with Gasteiger partial charge in [0.2, 0.25) is 0 Å². The molecule has 0 fully saturated rings. The molecule has 6 heteroatoms. The number of hydrogen-bond donors (Lipinski definition) is 2. The van der Waals surface area contributed by atoms with Gasteiger partial charge in [0, 0.05) is 12.6 Å². The maximum Gasteiger partial charge on any atom is 0.255 e. The van der Waals surface area contributed by atoms with Crippen molar-refractivity contribution in [1.29, 1.82) is 0 Å². The Hall–Kier alpha value is -2.21. The van der Waals surface area contributed by atoms with Crippen molar-refractivity contribution in [3.8, 4) is 5.69 Å². The fourth-order valence-electron chi connectivity index (χ4n) is 2.46. The molecule has 0 radical (unpaired) electrons. The SMILES string of the molecule is CC(C)c1c(C(=O)NC(C)C(C)CO)cnn1-c1ccc(F)cc1. The summed E-state index contributed by atoms with van der Waals surface area (Å²) < 4.78 is 14.8. The molecule has 0 aliphatic carbocycles. The Balaban J connectivity index is 2.35. The van der Waals surface area contributed by atoms with E-state index in [1.54, 1.807) is 16.8 Å². The maximum absolute atomic E-state index is 13.1. The minimum Gasteiger partial charge on any atom is -0.396 e. The van der Waals surface area contributed by atoms with Crippen LogP contribution in [0.25, 0.3) is 5.69 Å². The average molecular weight is 333 g/mol. The van der Waals surface area contributed by atoms with Crippen molar-refractivity contribution in [2.45, 2.75) is 39.7 Å². The van der Waals surface area contributed by atoms with Crippen molar-refractivity contribution >= 4 is 5.91 Å². The molecule has 1 aromatic heterocycles. The van der Waals surface area contributed by atoms with Gasteiger partial charge in [-0.05, 0) is 43.0 Å². The number of carbonyl (C=O) groups excluding carboxylic acids is 1. The molecule has 1 amide bonds. The maximum atomic E-state index is 13.1. The molecule has 130 valence electrons. The van der Waals surface area contributed by atoms with Gasteiger partial charge in [-0.25, -0.2) is 9.07 Å². The van der Waals surface area contributed by atoms with Crippen molar-refractivity contribution in [3.05, 3.63) is 47.5 Å². The normalized spacial score (nSPS) is 13.8. The van der Waals surface area contributed by atoms with Gasteiger partial charge in [-0.2, -0.15) is 5.10 Å². The van der Waals surface area contributed by atoms with Crippen LogP contribution in [0.5, 0.6) is 0 Å². The Morgan fingerprint density at radius 2 is 1.88 bits per heavy atom. The van der Waals surface area contributed by atoms with Crippen LogP contribution in [0, 0.1) is 11.7 Å². The molecule has 2 N–H and O–H groups in total. The van der Waals surface area contributed by atoms with Gasteiger partial charge < -0.3 is 10.4 Å². The molecular formula is C18H24FN3O2. The number of carbonyl (C=O) groups is 1. The second-order valence-electron chi connectivity index (χ2n) is 6.41. The van der Waals surface area contributed by atoms with Crippen LogP contribution in [0.15, 0.2) is 30.5 Å². The van der Waals surface area contributed by atoms with Gasteiger partial charge in [-0.1, -0.05) is 20.8 Å². The minimum absolute atomic E-state index is 0.00727. The van der Waals surface area contributed by atoms with Gasteiger partial charge in [0.1, 0.15) is 5.82 Å². The zero-order chi connectivity index (χ0) is 17.9. The number of hydrogen-bond acceptors (Lipinski definition) is 3. The summed E-state index contributed by atoms with van der Waals surface area (Å²) >= 11 is 0. The second kappa shape index (κ2) is 7.57. The summed E-state index contributed by atoms with van der Waals surface area (Å²) in [6.45, 7) is 7.70. The quantitative estimate of drug-likeness (QED) is 0.854. The van der Waals surface area contributed by atoms with Crippen LogP contribution in [-0.4, -0.2) is 33.4 Å². The van der Waals surface area contributed by atoms with E-state index in [-0.39, 0.29) is 36.2 Å². The molecule has 2 unspecified atom stereocenters. The molecule has 0 aliphatic heterocycles. The molecule has 0 spiro atoms. The number of nitrogens with one attached hydrogen (secondary N) is 1. The van der Waals surface area contributed by atoms with Crippen molar-refractivity contribution in [2.24, 2.45) is 5.92 Å². The number of nitrogens with zero attached hydrogens (tertiary/aromatic N) is 2. The average Bonchev–Trinajstić information content (AvgIpc) is 3.00. The van der Waals surface area contributed by atoms with Gasteiger partial charge in [-0.15, -0.1) is 0 Å². The molecule has 0 bridgehead atoms. The first-order valence-electron chi connectivity index (χ1n) is 8.10. The number of rotatable bonds is 6. The van der Waals surface area contributed by atoms with E-state index in [1.165, 1.54) is 18.3 Å². The number of amides is 1. The van der Waals surface area contributed by atoms with E-state index in [4.69, 9.17) is 0 Å². The lowest BCUT2D eigenvalue weighted by Crippen LogP contribution is -2.38. The minimum atomic E-state index is -0.318. The summed E-state index contributed by atoms with van der Waals surface area (Å²) in [5.74, 6) is -0.519. The predicted molar refractivity (Wildman–Crippen MR) is 90.8 cm³/mol. The second-order valence-corrected chi connectivity index (χ2v) is 6.41. The first kappa shape index (κ1) is 18.1. The highest BCUT2D eigenvalue weighted by Crippen LogP contribution is 2.23. The number of aliphatic hydroxyl groups is 1. The third-order valence-corrected chi connectivity index (χ3v) is 4.17. The molecule has 0 aliphatic rings. The van der Waals surface area contributed by atoms with E-state index in [9.17, 15) is 14.3 Å². The third kappa shape index (κ3) is 3.82. The highest BCUT2D eigenvalue weighted by Gasteiger charge is 2.23. The summed E-state index contributed by atoms with van der Waals surface area (Å²) in [6.07, 6.45) is 1.53. The smallest absolute Gasteiger partial charge is 0.255 e. The van der Waals surface area contributed by atoms with Gasteiger partial charge in [0.15, 0.2) is 0 Å². The van der Waals surface area contributed by atoms with Gasteiger partial charge >= 0.3 is 0 Å². The molecule has 24 heavy (non-hydrogen) atoms. The van der Waals surface area contributed by atoms with Gasteiger partial charge in [-0.3, -0.25) is 4.79 Å². The zero-order valence-electron chi connectivity index (χ0n) is 14.5. The molecule has 0 saturated carbocycles. The third-order valence-electron chi connectivity index (χ3n) is 4.17. The molecular weight excluding hydrogens is 309 g/mol.